The molecule has 5 rings (SSSR count). The number of amides is 1. The predicted octanol–water partition coefficient (Wildman–Crippen LogP) is 6.01. The predicted molar refractivity (Wildman–Crippen MR) is 136 cm³/mol. The Bertz CT molecular complexity index is 1530. The summed E-state index contributed by atoms with van der Waals surface area (Å²) in [5, 5.41) is 23.6. The fourth-order valence-corrected chi connectivity index (χ4v) is 4.48. The molecule has 0 bridgehead atoms. The minimum absolute atomic E-state index is 0.162. The number of hydrogen-bond acceptors (Lipinski definition) is 5. The molecule has 176 valence electrons. The van der Waals surface area contributed by atoms with Gasteiger partial charge >= 0.3 is 0 Å². The molecule has 4 aromatic rings. The standard InChI is InChI=1S/C28H19N3O5/c32-28-27(26(20-11-5-2-6-12-20)22-13-7-8-14-25(22)31(35)36)23-17-21(30(33)34)15-16-24(23)29(28)18-19-9-3-1-4-10-19/h1-17H,18H2/b27-26-. The number of nitrogens with zero attached hydrogens (tertiary/aromatic N) is 3. The average molecular weight is 477 g/mol. The number of nitro benzene ring substituents is 2. The number of para-hydroxylation sites is 1. The molecule has 36 heavy (non-hydrogen) atoms. The van der Waals surface area contributed by atoms with Gasteiger partial charge in [-0.1, -0.05) is 72.8 Å². The van der Waals surface area contributed by atoms with E-state index in [0.29, 0.717) is 22.4 Å². The molecular formula is C28H19N3O5. The lowest BCUT2D eigenvalue weighted by Gasteiger charge is -2.18. The third kappa shape index (κ3) is 4.01. The molecule has 0 spiro atoms. The zero-order valence-electron chi connectivity index (χ0n) is 18.9. The van der Waals surface area contributed by atoms with E-state index in [2.05, 4.69) is 0 Å². The van der Waals surface area contributed by atoms with Crippen molar-refractivity contribution in [1.29, 1.82) is 0 Å². The molecule has 0 fully saturated rings. The number of carbonyl (C=O) groups excluding carboxylic acids is 1. The molecule has 0 radical (unpaired) electrons. The molecule has 0 aromatic heterocycles. The molecule has 4 aromatic carbocycles. The average Bonchev–Trinajstić information content (AvgIpc) is 3.16. The maximum absolute atomic E-state index is 14.0. The molecule has 1 aliphatic heterocycles. The van der Waals surface area contributed by atoms with Crippen molar-refractivity contribution in [3.63, 3.8) is 0 Å². The van der Waals surface area contributed by atoms with Crippen LogP contribution < -0.4 is 4.90 Å². The Balaban J connectivity index is 1.83. The van der Waals surface area contributed by atoms with Crippen LogP contribution in [-0.2, 0) is 11.3 Å². The summed E-state index contributed by atoms with van der Waals surface area (Å²) in [6.45, 7) is 0.243. The third-order valence-corrected chi connectivity index (χ3v) is 6.08. The van der Waals surface area contributed by atoms with Crippen molar-refractivity contribution in [3.05, 3.63) is 146 Å². The number of carbonyl (C=O) groups is 1. The van der Waals surface area contributed by atoms with Gasteiger partial charge in [-0.3, -0.25) is 25.0 Å². The lowest BCUT2D eigenvalue weighted by molar-refractivity contribution is -0.385. The van der Waals surface area contributed by atoms with E-state index in [9.17, 15) is 25.0 Å². The summed E-state index contributed by atoms with van der Waals surface area (Å²) in [7, 11) is 0. The van der Waals surface area contributed by atoms with Gasteiger partial charge in [-0.25, -0.2) is 0 Å². The highest BCUT2D eigenvalue weighted by atomic mass is 16.6. The lowest BCUT2D eigenvalue weighted by atomic mass is 9.89. The third-order valence-electron chi connectivity index (χ3n) is 6.08. The van der Waals surface area contributed by atoms with Crippen LogP contribution in [0.1, 0.15) is 22.3 Å². The van der Waals surface area contributed by atoms with E-state index in [4.69, 9.17) is 0 Å². The van der Waals surface area contributed by atoms with E-state index in [1.54, 1.807) is 53.4 Å². The first kappa shape index (κ1) is 22.7. The van der Waals surface area contributed by atoms with Crippen LogP contribution in [0, 0.1) is 20.2 Å². The molecular weight excluding hydrogens is 458 g/mol. The Kier molecular flexibility index (Phi) is 5.83. The first-order valence-electron chi connectivity index (χ1n) is 11.1. The summed E-state index contributed by atoms with van der Waals surface area (Å²) in [4.78, 5) is 38.2. The van der Waals surface area contributed by atoms with Crippen molar-refractivity contribution >= 4 is 34.1 Å². The van der Waals surface area contributed by atoms with Crippen molar-refractivity contribution in [3.8, 4) is 0 Å². The van der Waals surface area contributed by atoms with Crippen LogP contribution in [0.4, 0.5) is 17.1 Å². The Hall–Kier alpha value is -5.11. The molecule has 1 heterocycles. The summed E-state index contributed by atoms with van der Waals surface area (Å²) < 4.78 is 0. The van der Waals surface area contributed by atoms with Gasteiger partial charge in [0.2, 0.25) is 0 Å². The van der Waals surface area contributed by atoms with E-state index in [1.165, 1.54) is 18.2 Å². The second-order valence-corrected chi connectivity index (χ2v) is 8.23. The minimum Gasteiger partial charge on any atom is -0.303 e. The Labute approximate surface area is 206 Å². The van der Waals surface area contributed by atoms with Crippen molar-refractivity contribution in [2.24, 2.45) is 0 Å². The maximum atomic E-state index is 14.0. The smallest absolute Gasteiger partial charge is 0.277 e. The monoisotopic (exact) mass is 477 g/mol. The maximum Gasteiger partial charge on any atom is 0.277 e. The van der Waals surface area contributed by atoms with Crippen molar-refractivity contribution in [2.45, 2.75) is 6.54 Å². The fourth-order valence-electron chi connectivity index (χ4n) is 4.48. The largest absolute Gasteiger partial charge is 0.303 e. The van der Waals surface area contributed by atoms with Crippen LogP contribution in [0.3, 0.4) is 0 Å². The quantitative estimate of drug-likeness (QED) is 0.192. The minimum atomic E-state index is -0.518. The molecule has 0 aliphatic carbocycles. The number of rotatable bonds is 6. The van der Waals surface area contributed by atoms with Crippen molar-refractivity contribution < 1.29 is 14.6 Å². The summed E-state index contributed by atoms with van der Waals surface area (Å²) in [6, 6.07) is 28.8. The Morgan fingerprint density at radius 2 is 1.39 bits per heavy atom. The van der Waals surface area contributed by atoms with E-state index in [0.717, 1.165) is 5.56 Å². The van der Waals surface area contributed by atoms with Crippen LogP contribution >= 0.6 is 0 Å². The van der Waals surface area contributed by atoms with Crippen LogP contribution in [0.5, 0.6) is 0 Å². The molecule has 0 N–H and O–H groups in total. The van der Waals surface area contributed by atoms with Crippen molar-refractivity contribution in [2.75, 3.05) is 4.90 Å². The number of non-ortho nitro benzene ring substituents is 1. The number of hydrogen-bond donors (Lipinski definition) is 0. The zero-order chi connectivity index (χ0) is 25.2. The van der Waals surface area contributed by atoms with Crippen LogP contribution in [-0.4, -0.2) is 15.8 Å². The normalized spacial score (nSPS) is 13.9. The highest BCUT2D eigenvalue weighted by Gasteiger charge is 2.37. The number of benzene rings is 4. The fraction of sp³-hybridized carbons (Fsp3) is 0.0357. The Morgan fingerprint density at radius 3 is 2.06 bits per heavy atom. The van der Waals surface area contributed by atoms with Gasteiger partial charge in [-0.2, -0.15) is 0 Å². The first-order valence-corrected chi connectivity index (χ1v) is 11.1. The molecule has 0 saturated carbocycles. The highest BCUT2D eigenvalue weighted by Crippen LogP contribution is 2.46. The second kappa shape index (κ2) is 9.27. The molecule has 0 saturated heterocycles. The van der Waals surface area contributed by atoms with Crippen LogP contribution in [0.2, 0.25) is 0 Å². The van der Waals surface area contributed by atoms with Gasteiger partial charge in [-0.05, 0) is 23.3 Å². The van der Waals surface area contributed by atoms with Gasteiger partial charge < -0.3 is 4.90 Å². The summed E-state index contributed by atoms with van der Waals surface area (Å²) in [5.74, 6) is -0.383. The SMILES string of the molecule is O=C1/C(=C(/c2ccccc2)c2ccccc2[N+](=O)[O-])c2cc([N+](=O)[O-])ccc2N1Cc1ccccc1. The van der Waals surface area contributed by atoms with Crippen molar-refractivity contribution in [1.82, 2.24) is 0 Å². The Morgan fingerprint density at radius 1 is 0.750 bits per heavy atom. The molecule has 0 atom stereocenters. The van der Waals surface area contributed by atoms with Gasteiger partial charge in [0.25, 0.3) is 17.3 Å². The van der Waals surface area contributed by atoms with E-state index in [1.807, 2.05) is 36.4 Å². The highest BCUT2D eigenvalue weighted by molar-refractivity contribution is 6.39. The van der Waals surface area contributed by atoms with E-state index < -0.39 is 9.85 Å². The van der Waals surface area contributed by atoms with Gasteiger partial charge in [0.1, 0.15) is 0 Å². The lowest BCUT2D eigenvalue weighted by Crippen LogP contribution is -2.26. The van der Waals surface area contributed by atoms with Gasteiger partial charge in [0.05, 0.1) is 33.2 Å². The molecule has 0 unspecified atom stereocenters. The molecule has 8 nitrogen and oxygen atoms in total. The van der Waals surface area contributed by atoms with Crippen LogP contribution in [0.15, 0.2) is 103 Å². The number of anilines is 1. The molecule has 8 heteroatoms. The second-order valence-electron chi connectivity index (χ2n) is 8.23. The molecule has 1 amide bonds. The zero-order valence-corrected chi connectivity index (χ0v) is 18.9. The summed E-state index contributed by atoms with van der Waals surface area (Å²) in [6.07, 6.45) is 0. The molecule has 1 aliphatic rings. The number of fused-ring (bicyclic) bond motifs is 1. The van der Waals surface area contributed by atoms with E-state index in [-0.39, 0.29) is 35.0 Å². The van der Waals surface area contributed by atoms with Gasteiger partial charge in [-0.15, -0.1) is 0 Å². The summed E-state index contributed by atoms with van der Waals surface area (Å²) in [5.41, 5.74) is 2.81. The van der Waals surface area contributed by atoms with Gasteiger partial charge in [0.15, 0.2) is 0 Å². The van der Waals surface area contributed by atoms with E-state index >= 15 is 0 Å². The topological polar surface area (TPSA) is 107 Å². The number of nitro groups is 2. The first-order chi connectivity index (χ1) is 17.5. The summed E-state index contributed by atoms with van der Waals surface area (Å²) >= 11 is 0. The van der Waals surface area contributed by atoms with Crippen LogP contribution in [0.25, 0.3) is 11.1 Å². The van der Waals surface area contributed by atoms with Gasteiger partial charge in [0, 0.05) is 29.3 Å².